The molecule has 3 N–H and O–H groups in total. The highest BCUT2D eigenvalue weighted by atomic mass is 16.9. The van der Waals surface area contributed by atoms with Gasteiger partial charge in [0.1, 0.15) is 18.6 Å². The van der Waals surface area contributed by atoms with Gasteiger partial charge in [-0.1, -0.05) is 12.5 Å². The third kappa shape index (κ3) is 5.04. The van der Waals surface area contributed by atoms with Crippen molar-refractivity contribution in [1.82, 2.24) is 0 Å². The summed E-state index contributed by atoms with van der Waals surface area (Å²) in [7, 11) is 1.34. The molecule has 1 heterocycles. The first kappa shape index (κ1) is 24.8. The van der Waals surface area contributed by atoms with Crippen molar-refractivity contribution in [2.75, 3.05) is 13.7 Å². The summed E-state index contributed by atoms with van der Waals surface area (Å²) in [6.07, 6.45) is -1.85. The summed E-state index contributed by atoms with van der Waals surface area (Å²) >= 11 is 0. The van der Waals surface area contributed by atoms with Gasteiger partial charge in [0.2, 0.25) is 5.75 Å². The van der Waals surface area contributed by atoms with Gasteiger partial charge in [-0.15, -0.1) is 0 Å². The van der Waals surface area contributed by atoms with Gasteiger partial charge in [0.25, 0.3) is 0 Å². The Balaban J connectivity index is 1.77. The molecule has 188 valence electrons. The number of hydrogen-bond acceptors (Lipinski definition) is 10. The highest BCUT2D eigenvalue weighted by Gasteiger charge is 2.47. The van der Waals surface area contributed by atoms with E-state index in [-0.39, 0.29) is 42.5 Å². The van der Waals surface area contributed by atoms with Gasteiger partial charge in [0, 0.05) is 11.1 Å². The fraction of sp³-hybridized carbons (Fsp3) is 0.440. The number of aliphatic hydroxyl groups is 3. The van der Waals surface area contributed by atoms with Gasteiger partial charge < -0.3 is 39.0 Å². The molecule has 1 aliphatic carbocycles. The summed E-state index contributed by atoms with van der Waals surface area (Å²) in [5.41, 5.74) is 1.31. The van der Waals surface area contributed by atoms with Crippen LogP contribution in [0.25, 0.3) is 11.1 Å². The molecular formula is C25H28O10. The second-order valence-electron chi connectivity index (χ2n) is 8.97. The van der Waals surface area contributed by atoms with E-state index in [1.807, 2.05) is 0 Å². The molecule has 0 saturated heterocycles. The number of carbonyl (C=O) groups is 2. The summed E-state index contributed by atoms with van der Waals surface area (Å²) in [6.45, 7) is 3.58. The number of hydrogen-bond donors (Lipinski definition) is 3. The molecule has 2 aromatic rings. The molecular weight excluding hydrogens is 460 g/mol. The van der Waals surface area contributed by atoms with Crippen LogP contribution in [0.1, 0.15) is 49.0 Å². The average Bonchev–Trinajstić information content (AvgIpc) is 3.12. The first-order valence-corrected chi connectivity index (χ1v) is 11.2. The smallest absolute Gasteiger partial charge is 0.453 e. The van der Waals surface area contributed by atoms with E-state index in [9.17, 15) is 24.9 Å². The molecule has 4 rings (SSSR count). The van der Waals surface area contributed by atoms with Gasteiger partial charge in [-0.2, -0.15) is 0 Å². The minimum atomic E-state index is -3.52. The molecule has 0 radical (unpaired) electrons. The lowest BCUT2D eigenvalue weighted by molar-refractivity contribution is -0.420. The standard InChI is InChI=1S/C25H28O10/c1-14(2)34-23(27)24(9-4-10-24)13-33-20-17(7-8-19(31-3)21(20)35-25(28,29)30)15-5-6-18-16(11-15)12-32-22(18)26/h5-8,11,14,28-30H,4,9-10,12-13H2,1-3H3. The molecule has 35 heavy (non-hydrogen) atoms. The molecule has 10 heteroatoms. The van der Waals surface area contributed by atoms with Crippen molar-refractivity contribution in [3.05, 3.63) is 41.5 Å². The maximum atomic E-state index is 12.8. The number of carbonyl (C=O) groups excluding carboxylic acids is 2. The number of fused-ring (bicyclic) bond motifs is 1. The molecule has 0 bridgehead atoms. The van der Waals surface area contributed by atoms with Crippen LogP contribution in [-0.4, -0.2) is 53.2 Å². The first-order valence-electron chi connectivity index (χ1n) is 11.2. The zero-order valence-electron chi connectivity index (χ0n) is 19.7. The van der Waals surface area contributed by atoms with Crippen LogP contribution in [0.3, 0.4) is 0 Å². The number of ether oxygens (including phenoxy) is 5. The number of methoxy groups -OCH3 is 1. The largest absolute Gasteiger partial charge is 0.493 e. The number of cyclic esters (lactones) is 1. The van der Waals surface area contributed by atoms with Crippen molar-refractivity contribution in [3.63, 3.8) is 0 Å². The molecule has 1 aliphatic heterocycles. The minimum absolute atomic E-state index is 0.0136. The van der Waals surface area contributed by atoms with E-state index >= 15 is 0 Å². The monoisotopic (exact) mass is 488 g/mol. The quantitative estimate of drug-likeness (QED) is 0.356. The highest BCUT2D eigenvalue weighted by molar-refractivity contribution is 5.94. The Bertz CT molecular complexity index is 1130. The Morgan fingerprint density at radius 1 is 1.11 bits per heavy atom. The molecule has 0 spiro atoms. The second kappa shape index (κ2) is 9.37. The van der Waals surface area contributed by atoms with E-state index in [4.69, 9.17) is 23.7 Å². The van der Waals surface area contributed by atoms with Gasteiger partial charge in [-0.05, 0) is 56.5 Å². The van der Waals surface area contributed by atoms with Crippen LogP contribution < -0.4 is 14.2 Å². The number of rotatable bonds is 9. The number of benzene rings is 2. The summed E-state index contributed by atoms with van der Waals surface area (Å²) in [6, 6.07) is 8.21. The van der Waals surface area contributed by atoms with Crippen molar-refractivity contribution in [3.8, 4) is 28.4 Å². The topological polar surface area (TPSA) is 141 Å². The average molecular weight is 488 g/mol. The summed E-state index contributed by atoms with van der Waals surface area (Å²) in [5, 5.41) is 28.7. The van der Waals surface area contributed by atoms with E-state index in [0.717, 1.165) is 6.42 Å². The lowest BCUT2D eigenvalue weighted by Crippen LogP contribution is -2.45. The van der Waals surface area contributed by atoms with Gasteiger partial charge in [0.05, 0.1) is 18.8 Å². The Morgan fingerprint density at radius 2 is 1.83 bits per heavy atom. The Kier molecular flexibility index (Phi) is 6.63. The molecule has 2 aliphatic rings. The van der Waals surface area contributed by atoms with Crippen molar-refractivity contribution in [1.29, 1.82) is 0 Å². The zero-order chi connectivity index (χ0) is 25.4. The molecule has 1 fully saturated rings. The maximum absolute atomic E-state index is 12.8. The fourth-order valence-corrected chi connectivity index (χ4v) is 4.17. The second-order valence-corrected chi connectivity index (χ2v) is 8.97. The third-order valence-corrected chi connectivity index (χ3v) is 6.11. The van der Waals surface area contributed by atoms with Gasteiger partial charge in [0.15, 0.2) is 11.5 Å². The van der Waals surface area contributed by atoms with E-state index in [1.54, 1.807) is 38.1 Å². The molecule has 10 nitrogen and oxygen atoms in total. The number of esters is 2. The molecule has 2 aromatic carbocycles. The SMILES string of the molecule is COc1ccc(-c2ccc3c(c2)COC3=O)c(OCC2(C(=O)OC(C)C)CCC2)c1OC(O)(O)O. The van der Waals surface area contributed by atoms with E-state index in [0.29, 0.717) is 35.1 Å². The van der Waals surface area contributed by atoms with Crippen LogP contribution in [0.4, 0.5) is 0 Å². The van der Waals surface area contributed by atoms with Crippen molar-refractivity contribution in [2.45, 2.75) is 52.0 Å². The van der Waals surface area contributed by atoms with Crippen LogP contribution in [0.5, 0.6) is 17.2 Å². The zero-order valence-corrected chi connectivity index (χ0v) is 19.7. The first-order chi connectivity index (χ1) is 16.5. The summed E-state index contributed by atoms with van der Waals surface area (Å²) in [4.78, 5) is 24.7. The van der Waals surface area contributed by atoms with Crippen molar-refractivity contribution in [2.24, 2.45) is 5.41 Å². The van der Waals surface area contributed by atoms with Gasteiger partial charge in [-0.3, -0.25) is 4.79 Å². The molecule has 1 saturated carbocycles. The molecule has 0 atom stereocenters. The third-order valence-electron chi connectivity index (χ3n) is 6.11. The lowest BCUT2D eigenvalue weighted by Gasteiger charge is -2.39. The summed E-state index contributed by atoms with van der Waals surface area (Å²) in [5.74, 6) is -1.00. The van der Waals surface area contributed by atoms with Crippen molar-refractivity contribution < 1.29 is 48.6 Å². The Morgan fingerprint density at radius 3 is 2.43 bits per heavy atom. The van der Waals surface area contributed by atoms with Crippen LogP contribution >= 0.6 is 0 Å². The van der Waals surface area contributed by atoms with Gasteiger partial charge >= 0.3 is 18.1 Å². The van der Waals surface area contributed by atoms with Crippen molar-refractivity contribution >= 4 is 11.9 Å². The maximum Gasteiger partial charge on any atom is 0.453 e. The highest BCUT2D eigenvalue weighted by Crippen LogP contribution is 2.49. The molecule has 0 amide bonds. The molecule has 0 aromatic heterocycles. The molecule has 0 unspecified atom stereocenters. The predicted molar refractivity (Wildman–Crippen MR) is 121 cm³/mol. The van der Waals surface area contributed by atoms with Gasteiger partial charge in [-0.25, -0.2) is 4.79 Å². The van der Waals surface area contributed by atoms with Crippen LogP contribution in [-0.2, 0) is 20.9 Å². The lowest BCUT2D eigenvalue weighted by atomic mass is 9.69. The van der Waals surface area contributed by atoms with E-state index in [1.165, 1.54) is 13.2 Å². The predicted octanol–water partition coefficient (Wildman–Crippen LogP) is 2.50. The Labute approximate surface area is 201 Å². The van der Waals surface area contributed by atoms with Crippen LogP contribution in [0, 0.1) is 5.41 Å². The summed E-state index contributed by atoms with van der Waals surface area (Å²) < 4.78 is 26.9. The van der Waals surface area contributed by atoms with Crippen LogP contribution in [0.2, 0.25) is 0 Å². The minimum Gasteiger partial charge on any atom is -0.493 e. The normalized spacial score (nSPS) is 16.3. The Hall–Kier alpha value is -3.34. The van der Waals surface area contributed by atoms with E-state index in [2.05, 4.69) is 0 Å². The van der Waals surface area contributed by atoms with E-state index < -0.39 is 17.5 Å². The van der Waals surface area contributed by atoms with Crippen LogP contribution in [0.15, 0.2) is 30.3 Å². The fourth-order valence-electron chi connectivity index (χ4n) is 4.17.